The van der Waals surface area contributed by atoms with Gasteiger partial charge in [0.2, 0.25) is 11.8 Å². The van der Waals surface area contributed by atoms with Crippen LogP contribution in [0.1, 0.15) is 59.0 Å². The minimum atomic E-state index is -0.509. The van der Waals surface area contributed by atoms with Crippen LogP contribution in [0.4, 0.5) is 0 Å². The van der Waals surface area contributed by atoms with Gasteiger partial charge in [0.05, 0.1) is 17.1 Å². The Morgan fingerprint density at radius 2 is 1.62 bits per heavy atom. The molecule has 2 amide bonds. The number of hydrogen-bond acceptors (Lipinski definition) is 3. The maximum Gasteiger partial charge on any atom is 0.243 e. The molecule has 2 aromatic carbocycles. The van der Waals surface area contributed by atoms with E-state index in [0.29, 0.717) is 12.4 Å². The SMILES string of the molecule is CC(NC(=O)C(C)(C)C)c1nc2ccccc2n1CC(=O)N(Cc1ccccc1)C(C)C. The second-order valence-electron chi connectivity index (χ2n) is 9.59. The van der Waals surface area contributed by atoms with Crippen molar-refractivity contribution >= 4 is 22.8 Å². The topological polar surface area (TPSA) is 67.2 Å². The number of imidazole rings is 1. The number of para-hydroxylation sites is 2. The predicted octanol–water partition coefficient (Wildman–Crippen LogP) is 4.70. The number of carbonyl (C=O) groups is 2. The smallest absolute Gasteiger partial charge is 0.243 e. The third kappa shape index (κ3) is 5.36. The number of aromatic nitrogens is 2. The van der Waals surface area contributed by atoms with Gasteiger partial charge in [-0.3, -0.25) is 9.59 Å². The standard InChI is InChI=1S/C26H34N4O2/c1-18(2)29(16-20-12-8-7-9-13-20)23(31)17-30-22-15-11-10-14-21(22)28-24(30)19(3)27-25(32)26(4,5)6/h7-15,18-19H,16-17H2,1-6H3,(H,27,32). The molecule has 0 saturated carbocycles. The molecular formula is C26H34N4O2. The van der Waals surface area contributed by atoms with Crippen molar-refractivity contribution in [3.05, 3.63) is 66.0 Å². The summed E-state index contributed by atoms with van der Waals surface area (Å²) in [4.78, 5) is 32.7. The van der Waals surface area contributed by atoms with Crippen LogP contribution in [-0.2, 0) is 22.7 Å². The number of carbonyl (C=O) groups excluding carboxylic acids is 2. The number of fused-ring (bicyclic) bond motifs is 1. The lowest BCUT2D eigenvalue weighted by Crippen LogP contribution is -2.40. The summed E-state index contributed by atoms with van der Waals surface area (Å²) in [5.41, 5.74) is 2.28. The zero-order valence-electron chi connectivity index (χ0n) is 19.9. The van der Waals surface area contributed by atoms with Crippen molar-refractivity contribution in [3.63, 3.8) is 0 Å². The molecule has 0 aliphatic rings. The van der Waals surface area contributed by atoms with E-state index in [9.17, 15) is 9.59 Å². The van der Waals surface area contributed by atoms with Crippen molar-refractivity contribution in [1.29, 1.82) is 0 Å². The third-order valence-electron chi connectivity index (χ3n) is 5.53. The summed E-state index contributed by atoms with van der Waals surface area (Å²) >= 11 is 0. The Morgan fingerprint density at radius 3 is 2.25 bits per heavy atom. The summed E-state index contributed by atoms with van der Waals surface area (Å²) in [6, 6.07) is 17.5. The van der Waals surface area contributed by atoms with Crippen LogP contribution in [0.2, 0.25) is 0 Å². The van der Waals surface area contributed by atoms with E-state index >= 15 is 0 Å². The largest absolute Gasteiger partial charge is 0.346 e. The van der Waals surface area contributed by atoms with Gasteiger partial charge < -0.3 is 14.8 Å². The molecule has 0 aliphatic carbocycles. The fourth-order valence-electron chi connectivity index (χ4n) is 3.63. The summed E-state index contributed by atoms with van der Waals surface area (Å²) in [5.74, 6) is 0.644. The summed E-state index contributed by atoms with van der Waals surface area (Å²) in [6.45, 7) is 12.3. The van der Waals surface area contributed by atoms with E-state index in [0.717, 1.165) is 16.6 Å². The fourth-order valence-corrected chi connectivity index (χ4v) is 3.63. The van der Waals surface area contributed by atoms with Crippen LogP contribution in [0.25, 0.3) is 11.0 Å². The van der Waals surface area contributed by atoms with Gasteiger partial charge in [-0.2, -0.15) is 0 Å². The molecule has 0 saturated heterocycles. The normalized spacial score (nSPS) is 12.7. The minimum absolute atomic E-state index is 0.0163. The van der Waals surface area contributed by atoms with Gasteiger partial charge in [-0.25, -0.2) is 4.98 Å². The average Bonchev–Trinajstić information content (AvgIpc) is 3.10. The average molecular weight is 435 g/mol. The van der Waals surface area contributed by atoms with Crippen LogP contribution in [0.3, 0.4) is 0 Å². The number of amides is 2. The van der Waals surface area contributed by atoms with Crippen molar-refractivity contribution < 1.29 is 9.59 Å². The Labute approximate surface area is 190 Å². The van der Waals surface area contributed by atoms with Gasteiger partial charge in [-0.1, -0.05) is 63.2 Å². The summed E-state index contributed by atoms with van der Waals surface area (Å²) in [7, 11) is 0. The van der Waals surface area contributed by atoms with Crippen molar-refractivity contribution in [3.8, 4) is 0 Å². The van der Waals surface area contributed by atoms with E-state index in [2.05, 4.69) is 5.32 Å². The Bertz CT molecular complexity index is 1080. The molecule has 1 heterocycles. The lowest BCUT2D eigenvalue weighted by molar-refractivity contribution is -0.134. The summed E-state index contributed by atoms with van der Waals surface area (Å²) in [6.07, 6.45) is 0. The van der Waals surface area contributed by atoms with Gasteiger partial charge in [0.1, 0.15) is 12.4 Å². The molecule has 0 spiro atoms. The van der Waals surface area contributed by atoms with Gasteiger partial charge in [0.25, 0.3) is 0 Å². The first-order chi connectivity index (χ1) is 15.1. The second-order valence-corrected chi connectivity index (χ2v) is 9.59. The van der Waals surface area contributed by atoms with Crippen LogP contribution in [0.5, 0.6) is 0 Å². The molecule has 3 rings (SSSR count). The molecule has 1 atom stereocenters. The molecule has 170 valence electrons. The molecule has 3 aromatic rings. The Kier molecular flexibility index (Phi) is 7.02. The van der Waals surface area contributed by atoms with E-state index in [1.807, 2.05) is 106 Å². The molecule has 0 fully saturated rings. The highest BCUT2D eigenvalue weighted by Gasteiger charge is 2.27. The molecule has 0 aliphatic heterocycles. The van der Waals surface area contributed by atoms with Crippen LogP contribution < -0.4 is 5.32 Å². The van der Waals surface area contributed by atoms with Crippen molar-refractivity contribution in [2.75, 3.05) is 0 Å². The van der Waals surface area contributed by atoms with Gasteiger partial charge in [0.15, 0.2) is 0 Å². The monoisotopic (exact) mass is 434 g/mol. The Morgan fingerprint density at radius 1 is 1.00 bits per heavy atom. The number of nitrogens with zero attached hydrogens (tertiary/aromatic N) is 3. The van der Waals surface area contributed by atoms with E-state index in [1.165, 1.54) is 0 Å². The van der Waals surface area contributed by atoms with Gasteiger partial charge in [-0.05, 0) is 38.5 Å². The lowest BCUT2D eigenvalue weighted by atomic mass is 9.95. The number of hydrogen-bond donors (Lipinski definition) is 1. The van der Waals surface area contributed by atoms with Gasteiger partial charge in [-0.15, -0.1) is 0 Å². The van der Waals surface area contributed by atoms with Crippen molar-refractivity contribution in [2.45, 2.75) is 66.7 Å². The van der Waals surface area contributed by atoms with Crippen molar-refractivity contribution in [1.82, 2.24) is 19.8 Å². The second kappa shape index (κ2) is 9.55. The first-order valence-corrected chi connectivity index (χ1v) is 11.2. The predicted molar refractivity (Wildman–Crippen MR) is 128 cm³/mol. The molecule has 6 nitrogen and oxygen atoms in total. The molecule has 1 aromatic heterocycles. The summed E-state index contributed by atoms with van der Waals surface area (Å²) in [5, 5.41) is 3.06. The Balaban J connectivity index is 1.92. The minimum Gasteiger partial charge on any atom is -0.346 e. The first kappa shape index (κ1) is 23.5. The van der Waals surface area contributed by atoms with Crippen LogP contribution >= 0.6 is 0 Å². The fraction of sp³-hybridized carbons (Fsp3) is 0.423. The lowest BCUT2D eigenvalue weighted by Gasteiger charge is -2.28. The van der Waals surface area contributed by atoms with Crippen LogP contribution in [0.15, 0.2) is 54.6 Å². The molecule has 32 heavy (non-hydrogen) atoms. The zero-order valence-corrected chi connectivity index (χ0v) is 19.9. The maximum absolute atomic E-state index is 13.4. The quantitative estimate of drug-likeness (QED) is 0.586. The molecule has 1 N–H and O–H groups in total. The molecule has 6 heteroatoms. The first-order valence-electron chi connectivity index (χ1n) is 11.2. The zero-order chi connectivity index (χ0) is 23.5. The highest BCUT2D eigenvalue weighted by Crippen LogP contribution is 2.23. The van der Waals surface area contributed by atoms with E-state index in [1.54, 1.807) is 0 Å². The maximum atomic E-state index is 13.4. The number of benzene rings is 2. The van der Waals surface area contributed by atoms with Crippen molar-refractivity contribution in [2.24, 2.45) is 5.41 Å². The molecule has 0 radical (unpaired) electrons. The van der Waals surface area contributed by atoms with E-state index in [4.69, 9.17) is 4.98 Å². The highest BCUT2D eigenvalue weighted by atomic mass is 16.2. The third-order valence-corrected chi connectivity index (χ3v) is 5.53. The number of nitrogens with one attached hydrogen (secondary N) is 1. The molecular weight excluding hydrogens is 400 g/mol. The van der Waals surface area contributed by atoms with E-state index in [-0.39, 0.29) is 30.4 Å². The summed E-state index contributed by atoms with van der Waals surface area (Å²) < 4.78 is 1.94. The van der Waals surface area contributed by atoms with Crippen LogP contribution in [0, 0.1) is 5.41 Å². The molecule has 1 unspecified atom stereocenters. The van der Waals surface area contributed by atoms with Crippen LogP contribution in [-0.4, -0.2) is 32.3 Å². The van der Waals surface area contributed by atoms with Gasteiger partial charge >= 0.3 is 0 Å². The van der Waals surface area contributed by atoms with Gasteiger partial charge in [0, 0.05) is 18.0 Å². The van der Waals surface area contributed by atoms with E-state index < -0.39 is 5.41 Å². The number of rotatable bonds is 7. The Hall–Kier alpha value is -3.15. The molecule has 0 bridgehead atoms. The highest BCUT2D eigenvalue weighted by molar-refractivity contribution is 5.83.